The van der Waals surface area contributed by atoms with E-state index < -0.39 is 0 Å². The maximum absolute atomic E-state index is 2.16. The first-order valence-electron chi connectivity index (χ1n) is 3.30. The molecule has 0 aromatic heterocycles. The van der Waals surface area contributed by atoms with Crippen LogP contribution in [-0.4, -0.2) is 0 Å². The minimum absolute atomic E-state index is 1.12. The summed E-state index contributed by atoms with van der Waals surface area (Å²) in [6, 6.07) is 0. The maximum Gasteiger partial charge on any atom is 0.00534 e. The average molecular weight is 119 g/mol. The molecule has 1 aliphatic carbocycles. The second kappa shape index (κ2) is 3.29. The molecule has 9 heavy (non-hydrogen) atoms. The van der Waals surface area contributed by atoms with E-state index in [1.54, 1.807) is 0 Å². The highest BCUT2D eigenvalue weighted by molar-refractivity contribution is 5.31. The molecule has 0 saturated heterocycles. The molecule has 0 N–H and O–H groups in total. The van der Waals surface area contributed by atoms with Crippen LogP contribution in [0.25, 0.3) is 0 Å². The van der Waals surface area contributed by atoms with E-state index in [4.69, 9.17) is 0 Å². The van der Waals surface area contributed by atoms with Crippen LogP contribution in [0.15, 0.2) is 36.0 Å². The van der Waals surface area contributed by atoms with Crippen LogP contribution in [0.1, 0.15) is 13.3 Å². The molecule has 0 heteroatoms. The van der Waals surface area contributed by atoms with Crippen molar-refractivity contribution in [1.29, 1.82) is 0 Å². The van der Waals surface area contributed by atoms with Crippen molar-refractivity contribution in [3.8, 4) is 0 Å². The first-order valence-corrected chi connectivity index (χ1v) is 3.30. The number of allylic oxidation sites excluding steroid dienone is 6. The van der Waals surface area contributed by atoms with Crippen molar-refractivity contribution in [2.24, 2.45) is 0 Å². The SMILES string of the molecule is CCC1=C[CH]C=CC=C1. The standard InChI is InChI=1S/C9H11/c1-2-9-7-5-3-4-6-8-9/h3-8H,2H2,1H3. The van der Waals surface area contributed by atoms with Gasteiger partial charge in [-0.2, -0.15) is 0 Å². The Morgan fingerprint density at radius 1 is 1.22 bits per heavy atom. The first-order chi connectivity index (χ1) is 4.43. The molecule has 0 nitrogen and oxygen atoms in total. The zero-order chi connectivity index (χ0) is 6.53. The molecule has 0 unspecified atom stereocenters. The summed E-state index contributed by atoms with van der Waals surface area (Å²) in [7, 11) is 0. The lowest BCUT2D eigenvalue weighted by Gasteiger charge is -1.90. The van der Waals surface area contributed by atoms with E-state index >= 15 is 0 Å². The lowest BCUT2D eigenvalue weighted by molar-refractivity contribution is 1.15. The van der Waals surface area contributed by atoms with Crippen molar-refractivity contribution in [2.75, 3.05) is 0 Å². The molecule has 0 saturated carbocycles. The van der Waals surface area contributed by atoms with Crippen molar-refractivity contribution in [3.63, 3.8) is 0 Å². The highest BCUT2D eigenvalue weighted by Crippen LogP contribution is 2.06. The summed E-state index contributed by atoms with van der Waals surface area (Å²) in [4.78, 5) is 0. The molecular formula is C9H11. The summed E-state index contributed by atoms with van der Waals surface area (Å²) in [6.07, 6.45) is 13.6. The van der Waals surface area contributed by atoms with Crippen LogP contribution in [-0.2, 0) is 0 Å². The highest BCUT2D eigenvalue weighted by atomic mass is 13.9. The summed E-state index contributed by atoms with van der Waals surface area (Å²) >= 11 is 0. The van der Waals surface area contributed by atoms with Gasteiger partial charge in [-0.15, -0.1) is 0 Å². The van der Waals surface area contributed by atoms with Crippen molar-refractivity contribution in [2.45, 2.75) is 13.3 Å². The molecule has 0 spiro atoms. The Bertz CT molecular complexity index is 159. The van der Waals surface area contributed by atoms with Crippen molar-refractivity contribution >= 4 is 0 Å². The zero-order valence-electron chi connectivity index (χ0n) is 5.67. The van der Waals surface area contributed by atoms with Crippen LogP contribution in [0, 0.1) is 6.42 Å². The molecule has 1 rings (SSSR count). The maximum atomic E-state index is 2.16. The lowest BCUT2D eigenvalue weighted by Crippen LogP contribution is -1.71. The normalized spacial score (nSPS) is 17.2. The molecule has 1 radical (unpaired) electrons. The number of rotatable bonds is 1. The van der Waals surface area contributed by atoms with E-state index in [9.17, 15) is 0 Å². The Hall–Kier alpha value is -0.780. The topological polar surface area (TPSA) is 0 Å². The molecule has 1 aliphatic rings. The molecule has 0 atom stereocenters. The fourth-order valence-electron chi connectivity index (χ4n) is 0.778. The van der Waals surface area contributed by atoms with Crippen molar-refractivity contribution in [3.05, 3.63) is 42.4 Å². The molecule has 0 bridgehead atoms. The third kappa shape index (κ3) is 1.88. The van der Waals surface area contributed by atoms with Gasteiger partial charge in [0.05, 0.1) is 0 Å². The van der Waals surface area contributed by atoms with Gasteiger partial charge in [0.25, 0.3) is 0 Å². The Balaban J connectivity index is 2.63. The fourth-order valence-corrected chi connectivity index (χ4v) is 0.778. The van der Waals surface area contributed by atoms with Crippen LogP contribution in [0.4, 0.5) is 0 Å². The molecule has 0 aliphatic heterocycles. The van der Waals surface area contributed by atoms with E-state index in [0.717, 1.165) is 6.42 Å². The third-order valence-electron chi connectivity index (χ3n) is 1.36. The molecule has 0 amide bonds. The molecule has 0 heterocycles. The van der Waals surface area contributed by atoms with Gasteiger partial charge in [-0.3, -0.25) is 0 Å². The molecular weight excluding hydrogens is 108 g/mol. The van der Waals surface area contributed by atoms with Gasteiger partial charge < -0.3 is 0 Å². The smallest absolute Gasteiger partial charge is 0.00534 e. The summed E-state index contributed by atoms with van der Waals surface area (Å²) in [5, 5.41) is 0. The van der Waals surface area contributed by atoms with Crippen LogP contribution < -0.4 is 0 Å². The van der Waals surface area contributed by atoms with Gasteiger partial charge in [-0.05, 0) is 6.42 Å². The summed E-state index contributed by atoms with van der Waals surface area (Å²) in [5.74, 6) is 0. The van der Waals surface area contributed by atoms with Gasteiger partial charge >= 0.3 is 0 Å². The Morgan fingerprint density at radius 3 is 2.89 bits per heavy atom. The second-order valence-corrected chi connectivity index (χ2v) is 2.03. The minimum Gasteiger partial charge on any atom is -0.0767 e. The third-order valence-corrected chi connectivity index (χ3v) is 1.36. The second-order valence-electron chi connectivity index (χ2n) is 2.03. The van der Waals surface area contributed by atoms with E-state index in [2.05, 4.69) is 31.6 Å². The summed E-state index contributed by atoms with van der Waals surface area (Å²) in [6.45, 7) is 2.16. The van der Waals surface area contributed by atoms with E-state index in [-0.39, 0.29) is 0 Å². The Kier molecular flexibility index (Phi) is 2.32. The van der Waals surface area contributed by atoms with Gasteiger partial charge in [-0.1, -0.05) is 42.9 Å². The predicted molar refractivity (Wildman–Crippen MR) is 41.0 cm³/mol. The molecule has 0 aromatic rings. The quantitative estimate of drug-likeness (QED) is 0.497. The fraction of sp³-hybridized carbons (Fsp3) is 0.222. The van der Waals surface area contributed by atoms with Crippen LogP contribution in [0.2, 0.25) is 0 Å². The predicted octanol–water partition coefficient (Wildman–Crippen LogP) is 2.65. The lowest BCUT2D eigenvalue weighted by atomic mass is 10.2. The van der Waals surface area contributed by atoms with Gasteiger partial charge in [0.2, 0.25) is 0 Å². The summed E-state index contributed by atoms with van der Waals surface area (Å²) < 4.78 is 0. The molecule has 47 valence electrons. The number of hydrogen-bond acceptors (Lipinski definition) is 0. The van der Waals surface area contributed by atoms with Crippen LogP contribution in [0.5, 0.6) is 0 Å². The molecule has 0 fully saturated rings. The van der Waals surface area contributed by atoms with Crippen LogP contribution in [0.3, 0.4) is 0 Å². The first kappa shape index (κ1) is 6.34. The monoisotopic (exact) mass is 119 g/mol. The van der Waals surface area contributed by atoms with Crippen molar-refractivity contribution in [1.82, 2.24) is 0 Å². The number of hydrogen-bond donors (Lipinski definition) is 0. The van der Waals surface area contributed by atoms with E-state index in [1.807, 2.05) is 12.2 Å². The van der Waals surface area contributed by atoms with E-state index in [0.29, 0.717) is 0 Å². The van der Waals surface area contributed by atoms with Crippen LogP contribution >= 0.6 is 0 Å². The molecule has 0 aromatic carbocycles. The van der Waals surface area contributed by atoms with Gasteiger partial charge in [-0.25, -0.2) is 0 Å². The van der Waals surface area contributed by atoms with E-state index in [1.165, 1.54) is 5.57 Å². The highest BCUT2D eigenvalue weighted by Gasteiger charge is 1.87. The average Bonchev–Trinajstić information content (AvgIpc) is 2.13. The summed E-state index contributed by atoms with van der Waals surface area (Å²) in [5.41, 5.74) is 1.39. The minimum atomic E-state index is 1.12. The van der Waals surface area contributed by atoms with Crippen molar-refractivity contribution < 1.29 is 0 Å². The Morgan fingerprint density at radius 2 is 2.11 bits per heavy atom. The zero-order valence-corrected chi connectivity index (χ0v) is 5.67. The van der Waals surface area contributed by atoms with Gasteiger partial charge in [0.15, 0.2) is 0 Å². The largest absolute Gasteiger partial charge is 0.0767 e. The van der Waals surface area contributed by atoms with Gasteiger partial charge in [0, 0.05) is 6.42 Å². The Labute approximate surface area is 56.6 Å². The van der Waals surface area contributed by atoms with Gasteiger partial charge in [0.1, 0.15) is 0 Å².